The smallest absolute Gasteiger partial charge is 0.287 e. The van der Waals surface area contributed by atoms with E-state index in [1.165, 1.54) is 0 Å². The van der Waals surface area contributed by atoms with E-state index >= 15 is 0 Å². The number of fused-ring (bicyclic) bond motifs is 1. The van der Waals surface area contributed by atoms with Gasteiger partial charge in [-0.25, -0.2) is 4.98 Å². The van der Waals surface area contributed by atoms with Gasteiger partial charge in [0.15, 0.2) is 11.5 Å². The van der Waals surface area contributed by atoms with Crippen molar-refractivity contribution in [2.75, 3.05) is 25.6 Å². The quantitative estimate of drug-likeness (QED) is 0.756. The first kappa shape index (κ1) is 18.6. The molecule has 0 radical (unpaired) electrons. The van der Waals surface area contributed by atoms with Gasteiger partial charge in [-0.3, -0.25) is 9.59 Å². The molecule has 140 valence electrons. The fourth-order valence-electron chi connectivity index (χ4n) is 3.12. The van der Waals surface area contributed by atoms with Gasteiger partial charge < -0.3 is 19.9 Å². The summed E-state index contributed by atoms with van der Waals surface area (Å²) in [5.41, 5.74) is 1.79. The molecule has 2 amide bonds. The number of amides is 2. The monoisotopic (exact) mass is 367 g/mol. The number of para-hydroxylation sites is 1. The number of ether oxygens (including phenoxy) is 1. The molecule has 8 nitrogen and oxygen atoms in total. The summed E-state index contributed by atoms with van der Waals surface area (Å²) >= 11 is 0. The number of benzene rings is 1. The van der Waals surface area contributed by atoms with Crippen molar-refractivity contribution in [1.82, 2.24) is 14.9 Å². The lowest BCUT2D eigenvalue weighted by atomic mass is 10.1. The van der Waals surface area contributed by atoms with E-state index in [4.69, 9.17) is 4.74 Å². The van der Waals surface area contributed by atoms with Crippen LogP contribution in [0.1, 0.15) is 45.2 Å². The third-order valence-corrected chi connectivity index (χ3v) is 4.42. The van der Waals surface area contributed by atoms with E-state index < -0.39 is 5.91 Å². The van der Waals surface area contributed by atoms with Crippen molar-refractivity contribution in [3.05, 3.63) is 47.0 Å². The maximum absolute atomic E-state index is 12.8. The Morgan fingerprint density at radius 2 is 2.11 bits per heavy atom. The Hall–Kier alpha value is -3.18. The van der Waals surface area contributed by atoms with Crippen LogP contribution in [0, 0.1) is 11.3 Å². The SMILES string of the molecule is COCCNC(=O)c1nc(C(=O)Nc2ccccc2C#N)c2n1CCCC2. The van der Waals surface area contributed by atoms with Gasteiger partial charge in [0.2, 0.25) is 0 Å². The van der Waals surface area contributed by atoms with Crippen LogP contribution in [0.5, 0.6) is 0 Å². The van der Waals surface area contributed by atoms with Gasteiger partial charge in [-0.15, -0.1) is 0 Å². The molecule has 0 atom stereocenters. The summed E-state index contributed by atoms with van der Waals surface area (Å²) < 4.78 is 6.76. The highest BCUT2D eigenvalue weighted by atomic mass is 16.5. The summed E-state index contributed by atoms with van der Waals surface area (Å²) in [7, 11) is 1.56. The van der Waals surface area contributed by atoms with Crippen LogP contribution in [0.3, 0.4) is 0 Å². The standard InChI is InChI=1S/C19H21N5O3/c1-27-11-9-21-19(26)17-23-16(15-8-4-5-10-24(15)17)18(25)22-14-7-3-2-6-13(14)12-20/h2-3,6-7H,4-5,8-11H2,1H3,(H,21,26)(H,22,25). The maximum atomic E-state index is 12.8. The number of imidazole rings is 1. The molecule has 0 bridgehead atoms. The largest absolute Gasteiger partial charge is 0.383 e. The third-order valence-electron chi connectivity index (χ3n) is 4.42. The minimum atomic E-state index is -0.417. The fourth-order valence-corrected chi connectivity index (χ4v) is 3.12. The molecule has 0 saturated carbocycles. The Morgan fingerprint density at radius 3 is 2.89 bits per heavy atom. The zero-order valence-electron chi connectivity index (χ0n) is 15.1. The average Bonchev–Trinajstić information content (AvgIpc) is 3.08. The van der Waals surface area contributed by atoms with Gasteiger partial charge in [0.1, 0.15) is 6.07 Å². The van der Waals surface area contributed by atoms with Gasteiger partial charge in [0, 0.05) is 20.2 Å². The van der Waals surface area contributed by atoms with Crippen molar-refractivity contribution >= 4 is 17.5 Å². The lowest BCUT2D eigenvalue weighted by Gasteiger charge is -2.17. The van der Waals surface area contributed by atoms with Crippen LogP contribution < -0.4 is 10.6 Å². The lowest BCUT2D eigenvalue weighted by molar-refractivity contribution is 0.0921. The number of aromatic nitrogens is 2. The molecule has 0 spiro atoms. The second kappa shape index (κ2) is 8.47. The molecule has 3 rings (SSSR count). The van der Waals surface area contributed by atoms with Crippen LogP contribution in [-0.2, 0) is 17.7 Å². The van der Waals surface area contributed by atoms with E-state index in [0.29, 0.717) is 37.4 Å². The molecule has 1 aromatic carbocycles. The highest BCUT2D eigenvalue weighted by Gasteiger charge is 2.27. The van der Waals surface area contributed by atoms with Crippen LogP contribution in [-0.4, -0.2) is 41.6 Å². The summed E-state index contributed by atoms with van der Waals surface area (Å²) in [4.78, 5) is 29.6. The molecule has 0 unspecified atom stereocenters. The predicted molar refractivity (Wildman–Crippen MR) is 98.5 cm³/mol. The lowest BCUT2D eigenvalue weighted by Crippen LogP contribution is -2.30. The van der Waals surface area contributed by atoms with Gasteiger partial charge in [-0.05, 0) is 31.4 Å². The molecule has 1 aliphatic heterocycles. The molecular formula is C19H21N5O3. The highest BCUT2D eigenvalue weighted by molar-refractivity contribution is 6.05. The minimum absolute atomic E-state index is 0.235. The van der Waals surface area contributed by atoms with Gasteiger partial charge >= 0.3 is 0 Å². The van der Waals surface area contributed by atoms with Crippen molar-refractivity contribution in [3.63, 3.8) is 0 Å². The number of nitriles is 1. The van der Waals surface area contributed by atoms with Crippen LogP contribution in [0.25, 0.3) is 0 Å². The molecule has 1 aliphatic rings. The molecule has 27 heavy (non-hydrogen) atoms. The summed E-state index contributed by atoms with van der Waals surface area (Å²) in [5.74, 6) is -0.509. The molecule has 1 aromatic heterocycles. The van der Waals surface area contributed by atoms with E-state index in [-0.39, 0.29) is 17.4 Å². The second-order valence-electron chi connectivity index (χ2n) is 6.20. The van der Waals surface area contributed by atoms with Crippen molar-refractivity contribution in [3.8, 4) is 6.07 Å². The molecule has 2 aromatic rings. The molecule has 2 N–H and O–H groups in total. The van der Waals surface area contributed by atoms with Crippen molar-refractivity contribution < 1.29 is 14.3 Å². The summed E-state index contributed by atoms with van der Waals surface area (Å²) in [6, 6.07) is 8.82. The molecular weight excluding hydrogens is 346 g/mol. The molecule has 0 saturated heterocycles. The topological polar surface area (TPSA) is 109 Å². The van der Waals surface area contributed by atoms with Crippen LogP contribution in [0.4, 0.5) is 5.69 Å². The number of anilines is 1. The van der Waals surface area contributed by atoms with E-state index in [1.807, 2.05) is 4.57 Å². The number of rotatable bonds is 6. The molecule has 8 heteroatoms. The number of nitrogens with one attached hydrogen (secondary N) is 2. The second-order valence-corrected chi connectivity index (χ2v) is 6.20. The number of carbonyl (C=O) groups excluding carboxylic acids is 2. The number of hydrogen-bond donors (Lipinski definition) is 2. The summed E-state index contributed by atoms with van der Waals surface area (Å²) in [6.07, 6.45) is 2.55. The molecule has 0 aliphatic carbocycles. The van der Waals surface area contributed by atoms with Crippen LogP contribution in [0.2, 0.25) is 0 Å². The van der Waals surface area contributed by atoms with E-state index in [2.05, 4.69) is 21.7 Å². The van der Waals surface area contributed by atoms with Gasteiger partial charge in [0.05, 0.1) is 23.6 Å². The first-order valence-electron chi connectivity index (χ1n) is 8.82. The minimum Gasteiger partial charge on any atom is -0.383 e. The normalized spacial score (nSPS) is 12.7. The first-order valence-corrected chi connectivity index (χ1v) is 8.82. The molecule has 2 heterocycles. The Kier molecular flexibility index (Phi) is 5.84. The number of nitrogens with zero attached hydrogens (tertiary/aromatic N) is 3. The average molecular weight is 367 g/mol. The summed E-state index contributed by atoms with van der Waals surface area (Å²) in [6.45, 7) is 1.42. The van der Waals surface area contributed by atoms with E-state index in [0.717, 1.165) is 18.5 Å². The third kappa shape index (κ3) is 3.99. The Labute approximate surface area is 157 Å². The number of hydrogen-bond acceptors (Lipinski definition) is 5. The fraction of sp³-hybridized carbons (Fsp3) is 0.368. The number of methoxy groups -OCH3 is 1. The first-order chi connectivity index (χ1) is 13.2. The Morgan fingerprint density at radius 1 is 1.30 bits per heavy atom. The van der Waals surface area contributed by atoms with E-state index in [1.54, 1.807) is 31.4 Å². The molecule has 0 fully saturated rings. The Bertz CT molecular complexity index is 897. The Balaban J connectivity index is 1.88. The van der Waals surface area contributed by atoms with Crippen LogP contribution in [0.15, 0.2) is 24.3 Å². The summed E-state index contributed by atoms with van der Waals surface area (Å²) in [5, 5.41) is 14.7. The zero-order valence-corrected chi connectivity index (χ0v) is 15.1. The zero-order chi connectivity index (χ0) is 19.2. The highest BCUT2D eigenvalue weighted by Crippen LogP contribution is 2.23. The number of carbonyl (C=O) groups is 2. The van der Waals surface area contributed by atoms with Crippen molar-refractivity contribution in [1.29, 1.82) is 5.26 Å². The van der Waals surface area contributed by atoms with Crippen molar-refractivity contribution in [2.45, 2.75) is 25.8 Å². The van der Waals surface area contributed by atoms with Crippen molar-refractivity contribution in [2.24, 2.45) is 0 Å². The maximum Gasteiger partial charge on any atom is 0.287 e. The van der Waals surface area contributed by atoms with Gasteiger partial charge in [-0.2, -0.15) is 5.26 Å². The van der Waals surface area contributed by atoms with Crippen LogP contribution >= 0.6 is 0 Å². The van der Waals surface area contributed by atoms with Gasteiger partial charge in [0.25, 0.3) is 11.8 Å². The van der Waals surface area contributed by atoms with Gasteiger partial charge in [-0.1, -0.05) is 12.1 Å². The predicted octanol–water partition coefficient (Wildman–Crippen LogP) is 1.72. The van der Waals surface area contributed by atoms with E-state index in [9.17, 15) is 14.9 Å².